The largest absolute Gasteiger partial charge is 0.453 e. The second kappa shape index (κ2) is 14.4. The zero-order valence-corrected chi connectivity index (χ0v) is 28.0. The van der Waals surface area contributed by atoms with Crippen molar-refractivity contribution in [3.05, 3.63) is 34.9 Å². The maximum Gasteiger partial charge on any atom is 0.407 e. The molecule has 1 amide bonds. The summed E-state index contributed by atoms with van der Waals surface area (Å²) in [5.41, 5.74) is 0.634. The second-order valence-electron chi connectivity index (χ2n) is 14.0. The third-order valence-electron chi connectivity index (χ3n) is 10.6. The van der Waals surface area contributed by atoms with Gasteiger partial charge in [-0.25, -0.2) is 13.2 Å². The van der Waals surface area contributed by atoms with E-state index in [1.165, 1.54) is 7.11 Å². The maximum atomic E-state index is 14.3. The minimum Gasteiger partial charge on any atom is -0.453 e. The molecule has 1 aromatic carbocycles. The lowest BCUT2D eigenvalue weighted by molar-refractivity contribution is -0.124. The lowest BCUT2D eigenvalue weighted by Crippen LogP contribution is -2.57. The molecule has 0 radical (unpaired) electrons. The number of halogens is 1. The number of fused-ring (bicyclic) bond motifs is 2. The molecule has 0 aromatic heterocycles. The van der Waals surface area contributed by atoms with Crippen LogP contribution in [-0.2, 0) is 24.3 Å². The van der Waals surface area contributed by atoms with Crippen LogP contribution in [0.3, 0.4) is 0 Å². The van der Waals surface area contributed by atoms with Gasteiger partial charge in [0.1, 0.15) is 0 Å². The number of sulfonamides is 1. The first kappa shape index (κ1) is 33.6. The van der Waals surface area contributed by atoms with Crippen molar-refractivity contribution in [1.82, 2.24) is 14.9 Å². The molecule has 1 aromatic rings. The SMILES string of the molecule is COC(=O)N[C@H](C(=O)C[C@H]1CCC[C@@H]1CC[C@H]1CN[C@@H]2CCCS(=O)(=O)N1C2)[C@@H](c1ccc(Cl)cc1)C1CCOC(C)(C)C1. The van der Waals surface area contributed by atoms with Crippen LogP contribution in [0.1, 0.15) is 89.5 Å². The van der Waals surface area contributed by atoms with Gasteiger partial charge in [0.15, 0.2) is 5.78 Å². The van der Waals surface area contributed by atoms with Gasteiger partial charge in [0.2, 0.25) is 10.0 Å². The number of Topliss-reactive ketones (excluding diaryl/α,β-unsaturated/α-hetero) is 1. The molecular formula is C33H50ClN3O6S. The van der Waals surface area contributed by atoms with Crippen molar-refractivity contribution < 1.29 is 27.5 Å². The highest BCUT2D eigenvalue weighted by Gasteiger charge is 2.43. The minimum absolute atomic E-state index is 0.0221. The number of carbonyl (C=O) groups excluding carboxylic acids is 2. The quantitative estimate of drug-likeness (QED) is 0.354. The van der Waals surface area contributed by atoms with Gasteiger partial charge < -0.3 is 20.1 Å². The Morgan fingerprint density at radius 3 is 2.59 bits per heavy atom. The number of hydrogen-bond acceptors (Lipinski definition) is 7. The molecule has 5 rings (SSSR count). The Balaban J connectivity index is 1.32. The number of nitrogens with zero attached hydrogens (tertiary/aromatic N) is 1. The molecule has 2 bridgehead atoms. The van der Waals surface area contributed by atoms with Crippen LogP contribution in [0.2, 0.25) is 5.02 Å². The number of rotatable bonds is 10. The predicted molar refractivity (Wildman–Crippen MR) is 171 cm³/mol. The van der Waals surface area contributed by atoms with Crippen LogP contribution < -0.4 is 10.6 Å². The van der Waals surface area contributed by atoms with Crippen molar-refractivity contribution >= 4 is 33.5 Å². The summed E-state index contributed by atoms with van der Waals surface area (Å²) in [5, 5.41) is 7.14. The number of benzene rings is 1. The first-order chi connectivity index (χ1) is 21.0. The smallest absolute Gasteiger partial charge is 0.407 e. The second-order valence-corrected chi connectivity index (χ2v) is 16.5. The molecule has 4 aliphatic rings. The predicted octanol–water partition coefficient (Wildman–Crippen LogP) is 5.28. The van der Waals surface area contributed by atoms with Gasteiger partial charge in [-0.2, -0.15) is 4.31 Å². The average molecular weight is 652 g/mol. The number of nitrogens with one attached hydrogen (secondary N) is 2. The van der Waals surface area contributed by atoms with E-state index in [0.29, 0.717) is 43.5 Å². The van der Waals surface area contributed by atoms with Crippen LogP contribution in [0.4, 0.5) is 4.79 Å². The van der Waals surface area contributed by atoms with Crippen molar-refractivity contribution in [2.75, 3.05) is 32.6 Å². The summed E-state index contributed by atoms with van der Waals surface area (Å²) >= 11 is 6.25. The molecule has 1 saturated carbocycles. The van der Waals surface area contributed by atoms with Crippen molar-refractivity contribution in [1.29, 1.82) is 0 Å². The summed E-state index contributed by atoms with van der Waals surface area (Å²) < 4.78 is 38.8. The molecule has 8 atom stereocenters. The third kappa shape index (κ3) is 8.16. The van der Waals surface area contributed by atoms with Gasteiger partial charge in [-0.1, -0.05) is 36.6 Å². The summed E-state index contributed by atoms with van der Waals surface area (Å²) in [6.07, 6.45) is 7.66. The number of hydrogen-bond donors (Lipinski definition) is 2. The minimum atomic E-state index is -3.23. The van der Waals surface area contributed by atoms with Crippen LogP contribution >= 0.6 is 11.6 Å². The summed E-state index contributed by atoms with van der Waals surface area (Å²) in [4.78, 5) is 27.0. The van der Waals surface area contributed by atoms with E-state index in [1.54, 1.807) is 4.31 Å². The van der Waals surface area contributed by atoms with Crippen LogP contribution in [0, 0.1) is 17.8 Å². The molecule has 9 nitrogen and oxygen atoms in total. The van der Waals surface area contributed by atoms with E-state index < -0.39 is 22.2 Å². The molecule has 11 heteroatoms. The van der Waals surface area contributed by atoms with Crippen LogP contribution in [-0.4, -0.2) is 80.9 Å². The molecular weight excluding hydrogens is 602 g/mol. The number of methoxy groups -OCH3 is 1. The molecule has 3 heterocycles. The average Bonchev–Trinajstić information content (AvgIpc) is 3.38. The van der Waals surface area contributed by atoms with E-state index in [2.05, 4.69) is 24.5 Å². The molecule has 44 heavy (non-hydrogen) atoms. The number of alkyl carbamates (subject to hydrolysis) is 1. The zero-order valence-electron chi connectivity index (χ0n) is 26.4. The molecule has 246 valence electrons. The molecule has 3 aliphatic heterocycles. The Morgan fingerprint density at radius 1 is 1.11 bits per heavy atom. The fraction of sp³-hybridized carbons (Fsp3) is 0.758. The Labute approximate surface area is 268 Å². The van der Waals surface area contributed by atoms with Crippen LogP contribution in [0.5, 0.6) is 0 Å². The van der Waals surface area contributed by atoms with E-state index in [0.717, 1.165) is 56.9 Å². The number of piperazine rings is 1. The fourth-order valence-corrected chi connectivity index (χ4v) is 10.3. The first-order valence-electron chi connectivity index (χ1n) is 16.5. The molecule has 3 saturated heterocycles. The standard InChI is InChI=1S/C33H50ClN3O6S/c1-33(2)19-25(15-16-43-33)30(23-9-12-26(34)13-10-23)31(36-32(39)42-3)29(38)18-24-7-4-6-22(24)11-14-28-20-35-27-8-5-17-44(40,41)37(28)21-27/h9-10,12-13,22,24-25,27-28,30-31,35H,4-8,11,14-21H2,1-3H3,(H,36,39)/t22-,24-,25?,27-,28+,30+,31-/m1/s1. The van der Waals surface area contributed by atoms with Gasteiger partial charge in [-0.3, -0.25) is 4.79 Å². The van der Waals surface area contributed by atoms with E-state index in [-0.39, 0.29) is 47.0 Å². The number of ketones is 1. The van der Waals surface area contributed by atoms with Crippen molar-refractivity contribution in [3.63, 3.8) is 0 Å². The van der Waals surface area contributed by atoms with Crippen LogP contribution in [0.15, 0.2) is 24.3 Å². The summed E-state index contributed by atoms with van der Waals surface area (Å²) in [7, 11) is -1.91. The Bertz CT molecular complexity index is 1260. The molecule has 4 fully saturated rings. The molecule has 1 aliphatic carbocycles. The van der Waals surface area contributed by atoms with Crippen molar-refractivity contribution in [2.45, 2.75) is 108 Å². The van der Waals surface area contributed by atoms with Gasteiger partial charge in [-0.15, -0.1) is 0 Å². The molecule has 2 N–H and O–H groups in total. The molecule has 2 unspecified atom stereocenters. The highest BCUT2D eigenvalue weighted by atomic mass is 35.5. The normalized spacial score (nSPS) is 32.6. The fourth-order valence-electron chi connectivity index (χ4n) is 8.36. The molecule has 0 spiro atoms. The maximum absolute atomic E-state index is 14.3. The zero-order chi connectivity index (χ0) is 31.5. The van der Waals surface area contributed by atoms with E-state index in [4.69, 9.17) is 21.1 Å². The number of carbonyl (C=O) groups is 2. The van der Waals surface area contributed by atoms with Gasteiger partial charge in [0.05, 0.1) is 24.5 Å². The number of amides is 1. The highest BCUT2D eigenvalue weighted by Crippen LogP contribution is 2.43. The lowest BCUT2D eigenvalue weighted by atomic mass is 9.71. The Hall–Kier alpha value is -1.72. The third-order valence-corrected chi connectivity index (χ3v) is 12.8. The van der Waals surface area contributed by atoms with E-state index in [9.17, 15) is 18.0 Å². The van der Waals surface area contributed by atoms with Gasteiger partial charge in [-0.05, 0) is 94.2 Å². The monoisotopic (exact) mass is 651 g/mol. The van der Waals surface area contributed by atoms with Crippen LogP contribution in [0.25, 0.3) is 0 Å². The van der Waals surface area contributed by atoms with Gasteiger partial charge >= 0.3 is 6.09 Å². The highest BCUT2D eigenvalue weighted by molar-refractivity contribution is 7.89. The van der Waals surface area contributed by atoms with Gasteiger partial charge in [0.25, 0.3) is 0 Å². The lowest BCUT2D eigenvalue weighted by Gasteiger charge is -2.42. The van der Waals surface area contributed by atoms with E-state index >= 15 is 0 Å². The summed E-state index contributed by atoms with van der Waals surface area (Å²) in [6, 6.07) is 7.08. The first-order valence-corrected chi connectivity index (χ1v) is 18.4. The van der Waals surface area contributed by atoms with Crippen molar-refractivity contribution in [3.8, 4) is 0 Å². The van der Waals surface area contributed by atoms with E-state index in [1.807, 2.05) is 24.3 Å². The summed E-state index contributed by atoms with van der Waals surface area (Å²) in [6.45, 7) is 6.00. The van der Waals surface area contributed by atoms with Gasteiger partial charge in [0, 0.05) is 49.1 Å². The Kier molecular flexibility index (Phi) is 11.0. The topological polar surface area (TPSA) is 114 Å². The Morgan fingerprint density at radius 2 is 1.86 bits per heavy atom. The van der Waals surface area contributed by atoms with Crippen molar-refractivity contribution in [2.24, 2.45) is 17.8 Å². The summed E-state index contributed by atoms with van der Waals surface area (Å²) in [5.74, 6) is 0.664. The number of ether oxygens (including phenoxy) is 2.